The van der Waals surface area contributed by atoms with Crippen molar-refractivity contribution in [3.05, 3.63) is 98.4 Å². The first kappa shape index (κ1) is 19.4. The summed E-state index contributed by atoms with van der Waals surface area (Å²) in [5.41, 5.74) is 2.22. The Morgan fingerprint density at radius 3 is 2.68 bits per heavy atom. The minimum Gasteiger partial charge on any atom is -0.352 e. The molecule has 0 radical (unpaired) electrons. The van der Waals surface area contributed by atoms with Crippen LogP contribution in [0.1, 0.15) is 27.2 Å². The van der Waals surface area contributed by atoms with Crippen molar-refractivity contribution in [1.29, 1.82) is 5.26 Å². The average molecular weight is 392 g/mol. The molecule has 3 rings (SSSR count). The maximum atomic E-state index is 12.9. The summed E-state index contributed by atoms with van der Waals surface area (Å²) in [6.07, 6.45) is 0.565. The molecule has 0 saturated carbocycles. The van der Waals surface area contributed by atoms with Gasteiger partial charge in [-0.3, -0.25) is 14.2 Å². The lowest BCUT2D eigenvalue weighted by atomic mass is 10.1. The summed E-state index contributed by atoms with van der Waals surface area (Å²) in [5, 5.41) is 12.5. The summed E-state index contributed by atoms with van der Waals surface area (Å²) in [6, 6.07) is 19.4. The van der Waals surface area contributed by atoms with Crippen molar-refractivity contribution >= 4 is 17.5 Å². The van der Waals surface area contributed by atoms with E-state index in [1.807, 2.05) is 18.2 Å². The Hall–Kier alpha value is -3.36. The molecule has 0 aliphatic carbocycles. The van der Waals surface area contributed by atoms with Crippen LogP contribution in [0.2, 0.25) is 5.02 Å². The van der Waals surface area contributed by atoms with Crippen LogP contribution >= 0.6 is 11.6 Å². The summed E-state index contributed by atoms with van der Waals surface area (Å²) >= 11 is 6.12. The van der Waals surface area contributed by atoms with Gasteiger partial charge in [-0.25, -0.2) is 0 Å². The van der Waals surface area contributed by atoms with Gasteiger partial charge in [-0.05, 0) is 55.3 Å². The predicted molar refractivity (Wildman–Crippen MR) is 109 cm³/mol. The summed E-state index contributed by atoms with van der Waals surface area (Å²) < 4.78 is 1.43. The van der Waals surface area contributed by atoms with Gasteiger partial charge >= 0.3 is 0 Å². The molecular weight excluding hydrogens is 374 g/mol. The van der Waals surface area contributed by atoms with Gasteiger partial charge in [0.2, 0.25) is 0 Å². The van der Waals surface area contributed by atoms with E-state index in [0.29, 0.717) is 34.9 Å². The van der Waals surface area contributed by atoms with E-state index in [-0.39, 0.29) is 5.56 Å². The van der Waals surface area contributed by atoms with Crippen LogP contribution in [0.15, 0.2) is 65.5 Å². The van der Waals surface area contributed by atoms with Gasteiger partial charge in [-0.15, -0.1) is 0 Å². The largest absolute Gasteiger partial charge is 0.352 e. The number of benzene rings is 2. The number of nitriles is 1. The first-order chi connectivity index (χ1) is 13.5. The Bertz CT molecular complexity index is 1130. The fourth-order valence-electron chi connectivity index (χ4n) is 2.95. The molecule has 1 amide bonds. The summed E-state index contributed by atoms with van der Waals surface area (Å²) in [4.78, 5) is 25.5. The van der Waals surface area contributed by atoms with Crippen LogP contribution in [-0.2, 0) is 6.42 Å². The van der Waals surface area contributed by atoms with Crippen molar-refractivity contribution < 1.29 is 4.79 Å². The number of pyridine rings is 1. The van der Waals surface area contributed by atoms with Crippen molar-refractivity contribution in [2.24, 2.45) is 0 Å². The summed E-state index contributed by atoms with van der Waals surface area (Å²) in [6.45, 7) is 2.14. The summed E-state index contributed by atoms with van der Waals surface area (Å²) in [7, 11) is 0. The molecule has 0 aliphatic rings. The number of halogens is 1. The number of nitrogens with zero attached hydrogens (tertiary/aromatic N) is 2. The molecule has 6 heteroatoms. The number of carbonyl (C=O) groups is 1. The highest BCUT2D eigenvalue weighted by Gasteiger charge is 2.15. The molecule has 2 aromatic carbocycles. The van der Waals surface area contributed by atoms with Gasteiger partial charge in [0.25, 0.3) is 11.5 Å². The van der Waals surface area contributed by atoms with Crippen LogP contribution in [0.5, 0.6) is 0 Å². The number of amides is 1. The van der Waals surface area contributed by atoms with E-state index >= 15 is 0 Å². The second kappa shape index (κ2) is 8.55. The SMILES string of the molecule is Cc1ccc(C(=O)NCCc2ccccc2Cl)c(=O)n1-c1cccc(C#N)c1. The minimum atomic E-state index is -0.442. The summed E-state index contributed by atoms with van der Waals surface area (Å²) in [5.74, 6) is -0.442. The predicted octanol–water partition coefficient (Wildman–Crippen LogP) is 3.64. The maximum Gasteiger partial charge on any atom is 0.268 e. The monoisotopic (exact) mass is 391 g/mol. The molecule has 3 aromatic rings. The highest BCUT2D eigenvalue weighted by molar-refractivity contribution is 6.31. The third-order valence-electron chi connectivity index (χ3n) is 4.39. The van der Waals surface area contributed by atoms with Crippen molar-refractivity contribution in [1.82, 2.24) is 9.88 Å². The zero-order valence-electron chi connectivity index (χ0n) is 15.3. The third-order valence-corrected chi connectivity index (χ3v) is 4.76. The quantitative estimate of drug-likeness (QED) is 0.721. The molecule has 0 aliphatic heterocycles. The van der Waals surface area contributed by atoms with Gasteiger partial charge in [0.15, 0.2) is 0 Å². The third kappa shape index (κ3) is 4.13. The minimum absolute atomic E-state index is 0.0483. The Morgan fingerprint density at radius 2 is 1.93 bits per heavy atom. The molecule has 0 spiro atoms. The van der Waals surface area contributed by atoms with E-state index in [9.17, 15) is 9.59 Å². The fourth-order valence-corrected chi connectivity index (χ4v) is 3.18. The second-order valence-electron chi connectivity index (χ2n) is 6.29. The Kier molecular flexibility index (Phi) is 5.93. The molecule has 5 nitrogen and oxygen atoms in total. The van der Waals surface area contributed by atoms with Crippen molar-refractivity contribution in [3.63, 3.8) is 0 Å². The van der Waals surface area contributed by atoms with Gasteiger partial charge in [-0.1, -0.05) is 35.9 Å². The fraction of sp³-hybridized carbons (Fsp3) is 0.136. The van der Waals surface area contributed by atoms with Crippen LogP contribution < -0.4 is 10.9 Å². The van der Waals surface area contributed by atoms with E-state index in [4.69, 9.17) is 16.9 Å². The van der Waals surface area contributed by atoms with Crippen molar-refractivity contribution in [3.8, 4) is 11.8 Å². The van der Waals surface area contributed by atoms with Crippen LogP contribution in [-0.4, -0.2) is 17.0 Å². The molecule has 0 saturated heterocycles. The number of nitrogens with one attached hydrogen (secondary N) is 1. The lowest BCUT2D eigenvalue weighted by Crippen LogP contribution is -2.34. The highest BCUT2D eigenvalue weighted by Crippen LogP contribution is 2.15. The van der Waals surface area contributed by atoms with Crippen LogP contribution in [0.3, 0.4) is 0 Å². The zero-order chi connectivity index (χ0) is 20.1. The van der Waals surface area contributed by atoms with Crippen LogP contribution in [0, 0.1) is 18.3 Å². The van der Waals surface area contributed by atoms with E-state index < -0.39 is 11.5 Å². The van der Waals surface area contributed by atoms with E-state index in [2.05, 4.69) is 11.4 Å². The van der Waals surface area contributed by atoms with Gasteiger partial charge < -0.3 is 5.32 Å². The maximum absolute atomic E-state index is 12.9. The van der Waals surface area contributed by atoms with Gasteiger partial charge in [-0.2, -0.15) is 5.26 Å². The first-order valence-corrected chi connectivity index (χ1v) is 9.14. The molecule has 1 heterocycles. The lowest BCUT2D eigenvalue weighted by molar-refractivity contribution is 0.0952. The molecule has 28 heavy (non-hydrogen) atoms. The number of rotatable bonds is 5. The van der Waals surface area contributed by atoms with E-state index in [1.54, 1.807) is 43.3 Å². The zero-order valence-corrected chi connectivity index (χ0v) is 16.0. The molecule has 1 aromatic heterocycles. The van der Waals surface area contributed by atoms with Crippen molar-refractivity contribution in [2.45, 2.75) is 13.3 Å². The van der Waals surface area contributed by atoms with Gasteiger partial charge in [0.05, 0.1) is 17.3 Å². The number of aryl methyl sites for hydroxylation is 1. The normalized spacial score (nSPS) is 10.3. The van der Waals surface area contributed by atoms with Gasteiger partial charge in [0.1, 0.15) is 5.56 Å². The molecular formula is C22H18ClN3O2. The molecule has 0 bridgehead atoms. The number of hydrogen-bond acceptors (Lipinski definition) is 3. The Balaban J connectivity index is 1.83. The molecule has 0 unspecified atom stereocenters. The van der Waals surface area contributed by atoms with Gasteiger partial charge in [0, 0.05) is 17.3 Å². The average Bonchev–Trinajstić information content (AvgIpc) is 2.69. The number of hydrogen-bond donors (Lipinski definition) is 1. The molecule has 0 fully saturated rings. The van der Waals surface area contributed by atoms with Crippen LogP contribution in [0.4, 0.5) is 0 Å². The molecule has 0 atom stereocenters. The topological polar surface area (TPSA) is 74.9 Å². The highest BCUT2D eigenvalue weighted by atomic mass is 35.5. The second-order valence-corrected chi connectivity index (χ2v) is 6.70. The standard InChI is InChI=1S/C22H18ClN3O2/c1-15-9-10-19(21(27)25-12-11-17-6-2-3-8-20(17)23)22(28)26(15)18-7-4-5-16(13-18)14-24/h2-10,13H,11-12H2,1H3,(H,25,27). The first-order valence-electron chi connectivity index (χ1n) is 8.76. The molecule has 1 N–H and O–H groups in total. The molecule has 140 valence electrons. The smallest absolute Gasteiger partial charge is 0.268 e. The Morgan fingerprint density at radius 1 is 1.14 bits per heavy atom. The van der Waals surface area contributed by atoms with Crippen molar-refractivity contribution in [2.75, 3.05) is 6.54 Å². The van der Waals surface area contributed by atoms with Crippen LogP contribution in [0.25, 0.3) is 5.69 Å². The lowest BCUT2D eigenvalue weighted by Gasteiger charge is -2.12. The van der Waals surface area contributed by atoms with E-state index in [1.165, 1.54) is 10.6 Å². The number of aromatic nitrogens is 1. The van der Waals surface area contributed by atoms with E-state index in [0.717, 1.165) is 5.56 Å². The Labute approximate surface area is 167 Å². The number of carbonyl (C=O) groups excluding carboxylic acids is 1.